The van der Waals surface area contributed by atoms with Crippen LogP contribution in [0.3, 0.4) is 0 Å². The predicted octanol–water partition coefficient (Wildman–Crippen LogP) is 8.19. The van der Waals surface area contributed by atoms with E-state index in [9.17, 15) is 0 Å². The number of imidazole rings is 1. The number of fused-ring (bicyclic) bond motifs is 3. The lowest BCUT2D eigenvalue weighted by Gasteiger charge is -2.47. The Kier molecular flexibility index (Phi) is 8.00. The van der Waals surface area contributed by atoms with Gasteiger partial charge in [0.1, 0.15) is 17.3 Å². The average Bonchev–Trinajstić information content (AvgIpc) is 3.55. The third kappa shape index (κ3) is 4.41. The molecule has 3 aliphatic heterocycles. The van der Waals surface area contributed by atoms with Crippen molar-refractivity contribution in [2.24, 2.45) is 0 Å². The molecule has 2 fully saturated rings. The van der Waals surface area contributed by atoms with Crippen LogP contribution in [-0.4, -0.2) is 57.0 Å². The standard InChI is InChI=1S/C42H51N4O2/c1-6-10-14-30-27-35(43-19-23-47-24-20-43)39(36(28-30)44-21-25-48-26-22-44)37-29-45-40-38-32(31-15-11-12-18-34(31)46(37)40)16-13-17-33(38)41(5,7-2)42(45,8-3)9-4/h8,11-13,15-18,27-29H,3,6-7,9-10,14,19-26H2,1-2,4-5H3/q+1. The number of nitrogens with zero attached hydrogens (tertiary/aromatic N) is 4. The maximum Gasteiger partial charge on any atom is 0.296 e. The maximum atomic E-state index is 5.92. The van der Waals surface area contributed by atoms with E-state index in [4.69, 9.17) is 9.47 Å². The van der Waals surface area contributed by atoms with E-state index < -0.39 is 0 Å². The summed E-state index contributed by atoms with van der Waals surface area (Å²) in [5.74, 6) is 0. The summed E-state index contributed by atoms with van der Waals surface area (Å²) >= 11 is 0. The van der Waals surface area contributed by atoms with Crippen molar-refractivity contribution in [2.45, 2.75) is 70.8 Å². The number of pyridine rings is 1. The summed E-state index contributed by atoms with van der Waals surface area (Å²) in [4.78, 5) is 5.18. The molecule has 5 aromatic rings. The molecule has 8 rings (SSSR count). The zero-order chi connectivity index (χ0) is 33.0. The van der Waals surface area contributed by atoms with Crippen LogP contribution >= 0.6 is 0 Å². The second-order valence-corrected chi connectivity index (χ2v) is 14.3. The Morgan fingerprint density at radius 1 is 0.833 bits per heavy atom. The number of para-hydroxylation sites is 1. The molecule has 0 amide bonds. The van der Waals surface area contributed by atoms with Crippen LogP contribution in [0, 0.1) is 0 Å². The van der Waals surface area contributed by atoms with E-state index in [-0.39, 0.29) is 11.0 Å². The zero-order valence-electron chi connectivity index (χ0n) is 29.4. The number of allylic oxidation sites excluding steroid dienone is 1. The molecule has 2 aromatic heterocycles. The van der Waals surface area contributed by atoms with Gasteiger partial charge < -0.3 is 19.3 Å². The Morgan fingerprint density at radius 2 is 1.48 bits per heavy atom. The van der Waals surface area contributed by atoms with Gasteiger partial charge in [0.2, 0.25) is 0 Å². The number of benzene rings is 3. The lowest BCUT2D eigenvalue weighted by molar-refractivity contribution is -0.740. The molecule has 6 nitrogen and oxygen atoms in total. The highest BCUT2D eigenvalue weighted by molar-refractivity contribution is 6.14. The third-order valence-electron chi connectivity index (χ3n) is 12.2. The van der Waals surface area contributed by atoms with Crippen molar-refractivity contribution in [1.29, 1.82) is 0 Å². The van der Waals surface area contributed by atoms with Gasteiger partial charge in [0.25, 0.3) is 5.65 Å². The molecule has 2 saturated heterocycles. The molecule has 250 valence electrons. The largest absolute Gasteiger partial charge is 0.378 e. The van der Waals surface area contributed by atoms with Crippen molar-refractivity contribution in [3.63, 3.8) is 0 Å². The fourth-order valence-corrected chi connectivity index (χ4v) is 9.38. The molecule has 0 saturated carbocycles. The maximum absolute atomic E-state index is 5.92. The molecule has 5 heterocycles. The van der Waals surface area contributed by atoms with E-state index >= 15 is 0 Å². The highest BCUT2D eigenvalue weighted by Crippen LogP contribution is 2.52. The lowest BCUT2D eigenvalue weighted by Crippen LogP contribution is -2.66. The molecule has 2 atom stereocenters. The SMILES string of the molecule is C=CC1(CC)[n+]2cc(-c3c(N4CCOCC4)cc(CCCC)cc3N3CCOCC3)n3c4ccccc4c4cccc(c4c32)C1(C)CC. The van der Waals surface area contributed by atoms with Gasteiger partial charge in [-0.3, -0.25) is 0 Å². The van der Waals surface area contributed by atoms with Crippen LogP contribution in [0.4, 0.5) is 11.4 Å². The third-order valence-corrected chi connectivity index (χ3v) is 12.2. The Hall–Kier alpha value is -3.87. The molecule has 48 heavy (non-hydrogen) atoms. The first-order valence-corrected chi connectivity index (χ1v) is 18.4. The highest BCUT2D eigenvalue weighted by Gasteiger charge is 2.56. The summed E-state index contributed by atoms with van der Waals surface area (Å²) in [6.07, 6.45) is 10.2. The molecular formula is C42H51N4O2+. The van der Waals surface area contributed by atoms with Crippen molar-refractivity contribution in [3.05, 3.63) is 84.6 Å². The number of hydrogen-bond acceptors (Lipinski definition) is 4. The van der Waals surface area contributed by atoms with Crippen molar-refractivity contribution in [3.8, 4) is 11.3 Å². The number of unbranched alkanes of at least 4 members (excludes halogenated alkanes) is 1. The number of anilines is 2. The normalized spacial score (nSPS) is 22.8. The van der Waals surface area contributed by atoms with Crippen LogP contribution in [0.25, 0.3) is 38.6 Å². The lowest BCUT2D eigenvalue weighted by atomic mass is 9.61. The number of morpholine rings is 2. The quantitative estimate of drug-likeness (QED) is 0.0922. The molecule has 0 bridgehead atoms. The fraction of sp³-hybridized carbons (Fsp3) is 0.452. The van der Waals surface area contributed by atoms with Crippen LogP contribution in [-0.2, 0) is 26.8 Å². The summed E-state index contributed by atoms with van der Waals surface area (Å²) in [7, 11) is 0. The summed E-state index contributed by atoms with van der Waals surface area (Å²) < 4.78 is 17.1. The Labute approximate surface area is 285 Å². The Morgan fingerprint density at radius 3 is 2.08 bits per heavy atom. The van der Waals surface area contributed by atoms with Gasteiger partial charge in [-0.25, -0.2) is 4.57 Å². The zero-order valence-corrected chi connectivity index (χ0v) is 29.4. The van der Waals surface area contributed by atoms with Gasteiger partial charge in [-0.1, -0.05) is 77.1 Å². The molecule has 6 heteroatoms. The van der Waals surface area contributed by atoms with Gasteiger partial charge in [0.15, 0.2) is 5.69 Å². The van der Waals surface area contributed by atoms with E-state index in [1.807, 2.05) is 0 Å². The first kappa shape index (κ1) is 31.4. The molecule has 3 aliphatic rings. The molecular weight excluding hydrogens is 592 g/mol. The molecule has 3 aromatic carbocycles. The van der Waals surface area contributed by atoms with Gasteiger partial charge in [-0.15, -0.1) is 0 Å². The number of hydrogen-bond donors (Lipinski definition) is 0. The molecule has 0 spiro atoms. The number of ether oxygens (including phenoxy) is 2. The van der Waals surface area contributed by atoms with Gasteiger partial charge in [0, 0.05) is 42.4 Å². The summed E-state index contributed by atoms with van der Waals surface area (Å²) in [5.41, 5.74) is 10.2. The summed E-state index contributed by atoms with van der Waals surface area (Å²) in [5, 5.41) is 4.00. The molecule has 0 radical (unpaired) electrons. The van der Waals surface area contributed by atoms with Crippen molar-refractivity contribution in [1.82, 2.24) is 4.40 Å². The van der Waals surface area contributed by atoms with Crippen molar-refractivity contribution >= 4 is 38.7 Å². The fourth-order valence-electron chi connectivity index (χ4n) is 9.38. The first-order chi connectivity index (χ1) is 23.5. The van der Waals surface area contributed by atoms with E-state index in [2.05, 4.69) is 120 Å². The van der Waals surface area contributed by atoms with Crippen molar-refractivity contribution in [2.75, 3.05) is 62.4 Å². The van der Waals surface area contributed by atoms with E-state index in [0.717, 1.165) is 71.9 Å². The van der Waals surface area contributed by atoms with Gasteiger partial charge in [-0.2, -0.15) is 4.40 Å². The predicted molar refractivity (Wildman–Crippen MR) is 199 cm³/mol. The minimum absolute atomic E-state index is 0.133. The highest BCUT2D eigenvalue weighted by atomic mass is 16.5. The number of aryl methyl sites for hydroxylation is 1. The first-order valence-electron chi connectivity index (χ1n) is 18.4. The summed E-state index contributed by atoms with van der Waals surface area (Å²) in [6.45, 7) is 20.6. The van der Waals surface area contributed by atoms with E-state index in [0.29, 0.717) is 0 Å². The number of rotatable bonds is 9. The van der Waals surface area contributed by atoms with Crippen LogP contribution < -0.4 is 14.4 Å². The molecule has 0 aliphatic carbocycles. The van der Waals surface area contributed by atoms with Crippen LogP contribution in [0.1, 0.15) is 64.5 Å². The Balaban J connectivity index is 1.56. The van der Waals surface area contributed by atoms with Crippen LogP contribution in [0.5, 0.6) is 0 Å². The van der Waals surface area contributed by atoms with E-state index in [1.54, 1.807) is 0 Å². The van der Waals surface area contributed by atoms with Gasteiger partial charge in [-0.05, 0) is 61.1 Å². The smallest absolute Gasteiger partial charge is 0.296 e. The van der Waals surface area contributed by atoms with Gasteiger partial charge in [0.05, 0.1) is 48.8 Å². The Bertz CT molecular complexity index is 1980. The van der Waals surface area contributed by atoms with E-state index in [1.165, 1.54) is 73.9 Å². The van der Waals surface area contributed by atoms with Crippen molar-refractivity contribution < 1.29 is 14.0 Å². The average molecular weight is 644 g/mol. The minimum Gasteiger partial charge on any atom is -0.378 e. The van der Waals surface area contributed by atoms with Crippen LogP contribution in [0.15, 0.2) is 73.4 Å². The molecule has 2 unspecified atom stereocenters. The topological polar surface area (TPSA) is 33.2 Å². The number of aromatic nitrogens is 2. The minimum atomic E-state index is -0.297. The monoisotopic (exact) mass is 643 g/mol. The van der Waals surface area contributed by atoms with Crippen LogP contribution in [0.2, 0.25) is 0 Å². The van der Waals surface area contributed by atoms with Gasteiger partial charge >= 0.3 is 0 Å². The second kappa shape index (κ2) is 12.2. The second-order valence-electron chi connectivity index (χ2n) is 14.3. The molecule has 0 N–H and O–H groups in total. The summed E-state index contributed by atoms with van der Waals surface area (Å²) in [6, 6.07) is 21.1.